The molecule has 5 nitrogen and oxygen atoms in total. The Morgan fingerprint density at radius 2 is 1.80 bits per heavy atom. The van der Waals surface area contributed by atoms with E-state index in [1.54, 1.807) is 12.1 Å². The van der Waals surface area contributed by atoms with Crippen LogP contribution in [-0.4, -0.2) is 25.3 Å². The Bertz CT molecular complexity index is 1190. The Hall–Kier alpha value is -3.03. The van der Waals surface area contributed by atoms with Crippen LogP contribution >= 0.6 is 0 Å². The van der Waals surface area contributed by atoms with E-state index in [4.69, 9.17) is 9.73 Å². The molecular weight excluding hydrogens is 517 g/mol. The molecule has 0 saturated heterocycles. The largest absolute Gasteiger partial charge is 0.573 e. The summed E-state index contributed by atoms with van der Waals surface area (Å²) >= 11 is 0. The molecule has 3 rings (SSSR count). The fourth-order valence-electron chi connectivity index (χ4n) is 6.27. The molecule has 8 heteroatoms. The summed E-state index contributed by atoms with van der Waals surface area (Å²) in [5.41, 5.74) is 4.46. The topological polar surface area (TPSA) is 59.9 Å². The quantitative estimate of drug-likeness (QED) is 0.189. The summed E-state index contributed by atoms with van der Waals surface area (Å²) in [6.45, 7) is 13.2. The van der Waals surface area contributed by atoms with Crippen molar-refractivity contribution in [2.45, 2.75) is 86.4 Å². The zero-order valence-corrected chi connectivity index (χ0v) is 24.7. The van der Waals surface area contributed by atoms with Crippen molar-refractivity contribution >= 4 is 23.2 Å². The van der Waals surface area contributed by atoms with Gasteiger partial charge in [-0.05, 0) is 103 Å². The second-order valence-corrected chi connectivity index (χ2v) is 12.1. The number of hydrogen-bond acceptors (Lipinski definition) is 4. The molecule has 3 atom stereocenters. The highest BCUT2D eigenvalue weighted by Crippen LogP contribution is 2.46. The Labute approximate surface area is 236 Å². The van der Waals surface area contributed by atoms with E-state index in [0.717, 1.165) is 41.1 Å². The maximum Gasteiger partial charge on any atom is 0.573 e. The third-order valence-corrected chi connectivity index (χ3v) is 7.92. The zero-order chi connectivity index (χ0) is 29.7. The molecule has 1 aliphatic carbocycles. The first-order valence-corrected chi connectivity index (χ1v) is 14.1. The van der Waals surface area contributed by atoms with Crippen molar-refractivity contribution in [2.24, 2.45) is 28.2 Å². The second-order valence-electron chi connectivity index (χ2n) is 12.1. The number of esters is 1. The van der Waals surface area contributed by atoms with Gasteiger partial charge in [-0.3, -0.25) is 4.79 Å². The molecule has 220 valence electrons. The van der Waals surface area contributed by atoms with Gasteiger partial charge < -0.3 is 14.8 Å². The van der Waals surface area contributed by atoms with E-state index in [-0.39, 0.29) is 23.6 Å². The number of methoxy groups -OCH3 is 1. The first-order valence-electron chi connectivity index (χ1n) is 14.1. The summed E-state index contributed by atoms with van der Waals surface area (Å²) in [7, 11) is 1.37. The summed E-state index contributed by atoms with van der Waals surface area (Å²) in [6.07, 6.45) is 0.645. The third-order valence-electron chi connectivity index (χ3n) is 7.92. The van der Waals surface area contributed by atoms with Gasteiger partial charge in [-0.15, -0.1) is 13.2 Å². The SMILES string of the molecule is CCC(CC(=Nc1cc(CC(=O)OC)c(C)cc1C)Nc1ccc(OC(F)(F)F)cc1)C1CC(C)CC(C)(C)C1. The van der Waals surface area contributed by atoms with Crippen LogP contribution in [0.15, 0.2) is 41.4 Å². The fourth-order valence-corrected chi connectivity index (χ4v) is 6.27. The minimum Gasteiger partial charge on any atom is -0.469 e. The number of alkyl halides is 3. The summed E-state index contributed by atoms with van der Waals surface area (Å²) in [5.74, 6) is 1.74. The molecule has 0 heterocycles. The highest BCUT2D eigenvalue weighted by Gasteiger charge is 2.36. The lowest BCUT2D eigenvalue weighted by Crippen LogP contribution is -2.33. The molecule has 3 unspecified atom stereocenters. The summed E-state index contributed by atoms with van der Waals surface area (Å²) in [5, 5.41) is 3.39. The molecule has 1 N–H and O–H groups in total. The number of anilines is 1. The minimum atomic E-state index is -4.74. The van der Waals surface area contributed by atoms with Crippen molar-refractivity contribution in [3.8, 4) is 5.75 Å². The monoisotopic (exact) mass is 560 g/mol. The number of hydrogen-bond donors (Lipinski definition) is 1. The molecule has 40 heavy (non-hydrogen) atoms. The van der Waals surface area contributed by atoms with E-state index >= 15 is 0 Å². The maximum atomic E-state index is 12.7. The van der Waals surface area contributed by atoms with E-state index in [2.05, 4.69) is 37.7 Å². The smallest absolute Gasteiger partial charge is 0.469 e. The molecule has 0 amide bonds. The number of aliphatic imine (C=N–C) groups is 1. The molecule has 0 radical (unpaired) electrons. The lowest BCUT2D eigenvalue weighted by atomic mass is 9.64. The molecular formula is C32H43F3N2O3. The van der Waals surface area contributed by atoms with Gasteiger partial charge in [0.15, 0.2) is 0 Å². The molecule has 1 saturated carbocycles. The van der Waals surface area contributed by atoms with Crippen molar-refractivity contribution in [1.29, 1.82) is 0 Å². The first-order chi connectivity index (χ1) is 18.7. The Morgan fingerprint density at radius 1 is 1.12 bits per heavy atom. The zero-order valence-electron chi connectivity index (χ0n) is 24.7. The fraction of sp³-hybridized carbons (Fsp3) is 0.562. The van der Waals surface area contributed by atoms with Crippen LogP contribution in [-0.2, 0) is 16.0 Å². The number of halogens is 3. The van der Waals surface area contributed by atoms with E-state index in [9.17, 15) is 18.0 Å². The molecule has 2 aromatic carbocycles. The number of carbonyl (C=O) groups is 1. The predicted molar refractivity (Wildman–Crippen MR) is 154 cm³/mol. The molecule has 1 fully saturated rings. The minimum absolute atomic E-state index is 0.154. The molecule has 0 bridgehead atoms. The van der Waals surface area contributed by atoms with Gasteiger partial charge in [0.2, 0.25) is 0 Å². The van der Waals surface area contributed by atoms with Crippen molar-refractivity contribution in [3.63, 3.8) is 0 Å². The third kappa shape index (κ3) is 9.27. The van der Waals surface area contributed by atoms with Crippen LogP contribution < -0.4 is 10.1 Å². The predicted octanol–water partition coefficient (Wildman–Crippen LogP) is 8.94. The second kappa shape index (κ2) is 13.1. The molecule has 0 aromatic heterocycles. The number of amidine groups is 1. The number of nitrogens with zero attached hydrogens (tertiary/aromatic N) is 1. The van der Waals surface area contributed by atoms with Crippen LogP contribution in [0.25, 0.3) is 0 Å². The number of rotatable bonds is 9. The Kier molecular flexibility index (Phi) is 10.3. The lowest BCUT2D eigenvalue weighted by Gasteiger charge is -2.42. The molecule has 1 aliphatic rings. The standard InChI is InChI=1S/C32H43F3N2O3/c1-8-23(25-13-20(2)18-31(5,6)19-25)16-29(36-26-9-11-27(12-10-26)40-32(33,34)35)37-28-15-24(17-30(38)39-7)21(3)14-22(28)4/h9-12,14-15,20,23,25H,8,13,16-19H2,1-7H3,(H,36,37). The highest BCUT2D eigenvalue weighted by molar-refractivity contribution is 5.97. The first kappa shape index (κ1) is 31.5. The highest BCUT2D eigenvalue weighted by atomic mass is 19.4. The van der Waals surface area contributed by atoms with Crippen molar-refractivity contribution in [3.05, 3.63) is 53.1 Å². The van der Waals surface area contributed by atoms with Crippen LogP contribution in [0.4, 0.5) is 24.5 Å². The molecule has 0 aliphatic heterocycles. The van der Waals surface area contributed by atoms with Gasteiger partial charge in [-0.2, -0.15) is 0 Å². The number of ether oxygens (including phenoxy) is 2. The summed E-state index contributed by atoms with van der Waals surface area (Å²) < 4.78 is 46.9. The van der Waals surface area contributed by atoms with Gasteiger partial charge in [0.05, 0.1) is 19.2 Å². The van der Waals surface area contributed by atoms with Crippen LogP contribution in [0.1, 0.15) is 76.5 Å². The van der Waals surface area contributed by atoms with Gasteiger partial charge in [0, 0.05) is 12.1 Å². The van der Waals surface area contributed by atoms with Crippen LogP contribution in [0.2, 0.25) is 0 Å². The Balaban J connectivity index is 1.96. The van der Waals surface area contributed by atoms with E-state index in [1.165, 1.54) is 32.1 Å². The van der Waals surface area contributed by atoms with Crippen molar-refractivity contribution < 1.29 is 27.4 Å². The van der Waals surface area contributed by atoms with E-state index in [0.29, 0.717) is 29.9 Å². The Morgan fingerprint density at radius 3 is 2.38 bits per heavy atom. The van der Waals surface area contributed by atoms with E-state index < -0.39 is 6.36 Å². The number of benzene rings is 2. The maximum absolute atomic E-state index is 12.7. The van der Waals surface area contributed by atoms with Crippen LogP contribution in [0, 0.1) is 37.0 Å². The van der Waals surface area contributed by atoms with Crippen LogP contribution in [0.5, 0.6) is 5.75 Å². The number of nitrogens with one attached hydrogen (secondary N) is 1. The average molecular weight is 561 g/mol. The van der Waals surface area contributed by atoms with Crippen LogP contribution in [0.3, 0.4) is 0 Å². The van der Waals surface area contributed by atoms with E-state index in [1.807, 2.05) is 26.0 Å². The van der Waals surface area contributed by atoms with Gasteiger partial charge in [-0.1, -0.05) is 40.2 Å². The molecule has 2 aromatic rings. The van der Waals surface area contributed by atoms with Gasteiger partial charge in [0.1, 0.15) is 11.6 Å². The van der Waals surface area contributed by atoms with Gasteiger partial charge >= 0.3 is 12.3 Å². The summed E-state index contributed by atoms with van der Waals surface area (Å²) in [6, 6.07) is 9.66. The lowest BCUT2D eigenvalue weighted by molar-refractivity contribution is -0.274. The van der Waals surface area contributed by atoms with Crippen molar-refractivity contribution in [2.75, 3.05) is 12.4 Å². The van der Waals surface area contributed by atoms with Gasteiger partial charge in [-0.25, -0.2) is 4.99 Å². The number of aryl methyl sites for hydroxylation is 2. The molecule has 0 spiro atoms. The number of carbonyl (C=O) groups excluding carboxylic acids is 1. The normalized spacial score (nSPS) is 20.1. The van der Waals surface area contributed by atoms with Crippen molar-refractivity contribution in [1.82, 2.24) is 0 Å². The summed E-state index contributed by atoms with van der Waals surface area (Å²) in [4.78, 5) is 17.0. The average Bonchev–Trinajstić information content (AvgIpc) is 2.84. The van der Waals surface area contributed by atoms with Gasteiger partial charge in [0.25, 0.3) is 0 Å².